The van der Waals surface area contributed by atoms with Crippen LogP contribution in [0, 0.1) is 12.3 Å². The molecule has 0 aromatic heterocycles. The number of nitrogens with one attached hydrogen (secondary N) is 2. The fourth-order valence-corrected chi connectivity index (χ4v) is 0.995. The smallest absolute Gasteiger partial charge is 0.221 e. The maximum Gasteiger partial charge on any atom is 0.221 e. The van der Waals surface area contributed by atoms with Crippen molar-refractivity contribution in [2.75, 3.05) is 19.6 Å². The summed E-state index contributed by atoms with van der Waals surface area (Å²) in [7, 11) is 0. The lowest BCUT2D eigenvalue weighted by Gasteiger charge is -2.04. The summed E-state index contributed by atoms with van der Waals surface area (Å²) in [5.74, 6) is 2.70. The molecule has 0 aliphatic rings. The average molecular weight is 196 g/mol. The summed E-state index contributed by atoms with van der Waals surface area (Å²) < 4.78 is 0. The van der Waals surface area contributed by atoms with Gasteiger partial charge in [-0.15, -0.1) is 12.3 Å². The van der Waals surface area contributed by atoms with Gasteiger partial charge in [0.2, 0.25) is 5.91 Å². The van der Waals surface area contributed by atoms with Gasteiger partial charge in [0.25, 0.3) is 0 Å². The highest BCUT2D eigenvalue weighted by molar-refractivity contribution is 5.75. The van der Waals surface area contributed by atoms with Crippen LogP contribution in [0.4, 0.5) is 0 Å². The minimum atomic E-state index is 0.122. The molecule has 0 saturated heterocycles. The Bertz CT molecular complexity index is 184. The van der Waals surface area contributed by atoms with Crippen LogP contribution in [0.2, 0.25) is 0 Å². The summed E-state index contributed by atoms with van der Waals surface area (Å²) in [6.07, 6.45) is 8.42. The first-order chi connectivity index (χ1) is 6.81. The average Bonchev–Trinajstić information content (AvgIpc) is 2.20. The Kier molecular flexibility index (Phi) is 9.35. The third kappa shape index (κ3) is 9.08. The number of unbranched alkanes of at least 4 members (excludes halogenated alkanes) is 1. The number of hydrogen-bond acceptors (Lipinski definition) is 2. The van der Waals surface area contributed by atoms with E-state index in [4.69, 9.17) is 6.42 Å². The van der Waals surface area contributed by atoms with Crippen molar-refractivity contribution < 1.29 is 4.79 Å². The van der Waals surface area contributed by atoms with Gasteiger partial charge in [-0.3, -0.25) is 4.79 Å². The highest BCUT2D eigenvalue weighted by Gasteiger charge is 1.97. The van der Waals surface area contributed by atoms with Crippen molar-refractivity contribution in [1.29, 1.82) is 0 Å². The number of amides is 1. The van der Waals surface area contributed by atoms with Crippen LogP contribution in [0.3, 0.4) is 0 Å². The van der Waals surface area contributed by atoms with E-state index in [-0.39, 0.29) is 5.91 Å². The summed E-state index contributed by atoms with van der Waals surface area (Å²) in [6, 6.07) is 0. The van der Waals surface area contributed by atoms with Crippen molar-refractivity contribution in [2.24, 2.45) is 0 Å². The topological polar surface area (TPSA) is 41.1 Å². The molecule has 1 amide bonds. The molecular formula is C11H20N2O. The minimum absolute atomic E-state index is 0.122. The molecular weight excluding hydrogens is 176 g/mol. The van der Waals surface area contributed by atoms with E-state index in [9.17, 15) is 4.79 Å². The molecule has 0 radical (unpaired) electrons. The second-order valence-corrected chi connectivity index (χ2v) is 3.16. The molecule has 0 rings (SSSR count). The van der Waals surface area contributed by atoms with Crippen molar-refractivity contribution in [1.82, 2.24) is 10.6 Å². The zero-order valence-corrected chi connectivity index (χ0v) is 8.94. The van der Waals surface area contributed by atoms with Gasteiger partial charge in [0, 0.05) is 25.9 Å². The SMILES string of the molecule is C#CCCCNCCC(=O)NCCC. The molecule has 0 bridgehead atoms. The fraction of sp³-hybridized carbons (Fsp3) is 0.727. The van der Waals surface area contributed by atoms with Crippen molar-refractivity contribution in [2.45, 2.75) is 32.6 Å². The molecule has 0 aromatic carbocycles. The lowest BCUT2D eigenvalue weighted by atomic mass is 10.3. The Labute approximate surface area is 86.6 Å². The monoisotopic (exact) mass is 196 g/mol. The van der Waals surface area contributed by atoms with E-state index < -0.39 is 0 Å². The fourth-order valence-electron chi connectivity index (χ4n) is 0.995. The van der Waals surface area contributed by atoms with Crippen LogP contribution in [0.25, 0.3) is 0 Å². The first-order valence-corrected chi connectivity index (χ1v) is 5.22. The third-order valence-corrected chi connectivity index (χ3v) is 1.78. The van der Waals surface area contributed by atoms with Gasteiger partial charge in [-0.2, -0.15) is 0 Å². The molecule has 2 N–H and O–H groups in total. The molecule has 0 heterocycles. The first kappa shape index (κ1) is 13.0. The Balaban J connectivity index is 3.11. The van der Waals surface area contributed by atoms with Crippen LogP contribution in [-0.2, 0) is 4.79 Å². The van der Waals surface area contributed by atoms with Crippen LogP contribution < -0.4 is 10.6 Å². The predicted molar refractivity (Wildman–Crippen MR) is 58.9 cm³/mol. The molecule has 0 spiro atoms. The van der Waals surface area contributed by atoms with Gasteiger partial charge < -0.3 is 10.6 Å². The van der Waals surface area contributed by atoms with Gasteiger partial charge >= 0.3 is 0 Å². The molecule has 0 unspecified atom stereocenters. The molecule has 14 heavy (non-hydrogen) atoms. The normalized spacial score (nSPS) is 9.43. The first-order valence-electron chi connectivity index (χ1n) is 5.22. The number of carbonyl (C=O) groups excluding carboxylic acids is 1. The lowest BCUT2D eigenvalue weighted by molar-refractivity contribution is -0.120. The second-order valence-electron chi connectivity index (χ2n) is 3.16. The molecule has 80 valence electrons. The summed E-state index contributed by atoms with van der Waals surface area (Å²) in [4.78, 5) is 11.1. The molecule has 0 aliphatic heterocycles. The van der Waals surface area contributed by atoms with Crippen LogP contribution >= 0.6 is 0 Å². The number of terminal acetylenes is 1. The Morgan fingerprint density at radius 2 is 2.14 bits per heavy atom. The third-order valence-electron chi connectivity index (χ3n) is 1.78. The van der Waals surface area contributed by atoms with Gasteiger partial charge in [-0.1, -0.05) is 6.92 Å². The Hall–Kier alpha value is -1.01. The van der Waals surface area contributed by atoms with E-state index in [2.05, 4.69) is 16.6 Å². The maximum atomic E-state index is 11.1. The van der Waals surface area contributed by atoms with Gasteiger partial charge in [0.05, 0.1) is 0 Å². The second kappa shape index (κ2) is 10.1. The van der Waals surface area contributed by atoms with Crippen LogP contribution in [-0.4, -0.2) is 25.5 Å². The van der Waals surface area contributed by atoms with E-state index in [1.165, 1.54) is 0 Å². The van der Waals surface area contributed by atoms with E-state index in [0.29, 0.717) is 6.42 Å². The molecule has 0 saturated carbocycles. The van der Waals surface area contributed by atoms with Gasteiger partial charge in [0.15, 0.2) is 0 Å². The lowest BCUT2D eigenvalue weighted by Crippen LogP contribution is -2.28. The zero-order valence-electron chi connectivity index (χ0n) is 8.94. The predicted octanol–water partition coefficient (Wildman–Crippen LogP) is 0.906. The summed E-state index contributed by atoms with van der Waals surface area (Å²) in [5.41, 5.74) is 0. The van der Waals surface area contributed by atoms with Gasteiger partial charge in [-0.05, 0) is 19.4 Å². The van der Waals surface area contributed by atoms with Gasteiger partial charge in [-0.25, -0.2) is 0 Å². The summed E-state index contributed by atoms with van der Waals surface area (Å²) in [6.45, 7) is 4.44. The van der Waals surface area contributed by atoms with Crippen LogP contribution in [0.1, 0.15) is 32.6 Å². The van der Waals surface area contributed by atoms with Gasteiger partial charge in [0.1, 0.15) is 0 Å². The van der Waals surface area contributed by atoms with Crippen molar-refractivity contribution >= 4 is 5.91 Å². The van der Waals surface area contributed by atoms with E-state index in [1.807, 2.05) is 6.92 Å². The standard InChI is InChI=1S/C11H20N2O/c1-3-5-6-9-12-10-7-11(14)13-8-4-2/h1,12H,4-10H2,2H3,(H,13,14). The van der Waals surface area contributed by atoms with Crippen LogP contribution in [0.5, 0.6) is 0 Å². The Morgan fingerprint density at radius 1 is 1.36 bits per heavy atom. The molecule has 0 fully saturated rings. The quantitative estimate of drug-likeness (QED) is 0.447. The molecule has 0 atom stereocenters. The zero-order chi connectivity index (χ0) is 10.6. The number of hydrogen-bond donors (Lipinski definition) is 2. The number of carbonyl (C=O) groups is 1. The van der Waals surface area contributed by atoms with Crippen molar-refractivity contribution in [3.8, 4) is 12.3 Å². The van der Waals surface area contributed by atoms with Crippen LogP contribution in [0.15, 0.2) is 0 Å². The molecule has 0 aromatic rings. The molecule has 0 aliphatic carbocycles. The summed E-state index contributed by atoms with van der Waals surface area (Å²) >= 11 is 0. The maximum absolute atomic E-state index is 11.1. The summed E-state index contributed by atoms with van der Waals surface area (Å²) in [5, 5.41) is 5.99. The highest BCUT2D eigenvalue weighted by Crippen LogP contribution is 1.84. The van der Waals surface area contributed by atoms with Crippen molar-refractivity contribution in [3.05, 3.63) is 0 Å². The van der Waals surface area contributed by atoms with E-state index in [0.717, 1.165) is 38.9 Å². The largest absolute Gasteiger partial charge is 0.356 e. The highest BCUT2D eigenvalue weighted by atomic mass is 16.1. The minimum Gasteiger partial charge on any atom is -0.356 e. The van der Waals surface area contributed by atoms with E-state index >= 15 is 0 Å². The number of rotatable bonds is 8. The molecule has 3 heteroatoms. The van der Waals surface area contributed by atoms with E-state index in [1.54, 1.807) is 0 Å². The molecule has 3 nitrogen and oxygen atoms in total. The Morgan fingerprint density at radius 3 is 2.79 bits per heavy atom. The van der Waals surface area contributed by atoms with Crippen molar-refractivity contribution in [3.63, 3.8) is 0 Å².